The molecule has 0 saturated heterocycles. The average Bonchev–Trinajstić information content (AvgIpc) is 2.27. The molecule has 0 aliphatic carbocycles. The summed E-state index contributed by atoms with van der Waals surface area (Å²) in [7, 11) is 1.51. The summed E-state index contributed by atoms with van der Waals surface area (Å²) in [4.78, 5) is 0. The Bertz CT molecular complexity index is 340. The number of hydrogen-bond acceptors (Lipinski definition) is 2. The van der Waals surface area contributed by atoms with Crippen LogP contribution in [0.3, 0.4) is 0 Å². The molecular weight excluding hydrogens is 200 g/mol. The molecule has 0 aromatic heterocycles. The highest BCUT2D eigenvalue weighted by Gasteiger charge is 2.30. The molecule has 4 heteroatoms. The fourth-order valence-corrected chi connectivity index (χ4v) is 2.02. The first kappa shape index (κ1) is 10.4. The first-order valence-corrected chi connectivity index (χ1v) is 4.91. The third-order valence-electron chi connectivity index (χ3n) is 2.70. The van der Waals surface area contributed by atoms with Gasteiger partial charge in [0.25, 0.3) is 6.43 Å². The van der Waals surface area contributed by atoms with Crippen molar-refractivity contribution < 1.29 is 13.5 Å². The first-order valence-electron chi connectivity index (χ1n) is 4.91. The molecule has 1 aliphatic heterocycles. The molecule has 2 rings (SSSR count). The van der Waals surface area contributed by atoms with Crippen molar-refractivity contribution in [1.29, 1.82) is 0 Å². The van der Waals surface area contributed by atoms with E-state index in [-0.39, 0.29) is 0 Å². The Kier molecular flexibility index (Phi) is 2.86. The Morgan fingerprint density at radius 3 is 2.93 bits per heavy atom. The number of nitrogens with one attached hydrogen (secondary N) is 1. The molecule has 1 aromatic carbocycles. The monoisotopic (exact) mass is 213 g/mol. The third-order valence-corrected chi connectivity index (χ3v) is 2.70. The maximum Gasteiger partial charge on any atom is 0.257 e. The minimum absolute atomic E-state index is 0.546. The van der Waals surface area contributed by atoms with Crippen molar-refractivity contribution in [1.82, 2.24) is 5.32 Å². The molecule has 2 nitrogen and oxygen atoms in total. The SMILES string of the molecule is COc1cccc2c1C(C(F)F)NCC2. The summed E-state index contributed by atoms with van der Waals surface area (Å²) in [5, 5.41) is 2.82. The van der Waals surface area contributed by atoms with Gasteiger partial charge in [-0.3, -0.25) is 0 Å². The van der Waals surface area contributed by atoms with E-state index in [9.17, 15) is 8.78 Å². The number of halogens is 2. The minimum Gasteiger partial charge on any atom is -0.496 e. The number of hydrogen-bond donors (Lipinski definition) is 1. The van der Waals surface area contributed by atoms with Crippen molar-refractivity contribution in [3.8, 4) is 5.75 Å². The summed E-state index contributed by atoms with van der Waals surface area (Å²) < 4.78 is 30.7. The van der Waals surface area contributed by atoms with Gasteiger partial charge in [-0.05, 0) is 24.6 Å². The Hall–Kier alpha value is -1.16. The second-order valence-electron chi connectivity index (χ2n) is 3.55. The van der Waals surface area contributed by atoms with Crippen LogP contribution in [0.25, 0.3) is 0 Å². The molecule has 15 heavy (non-hydrogen) atoms. The highest BCUT2D eigenvalue weighted by Crippen LogP contribution is 2.34. The van der Waals surface area contributed by atoms with Crippen LogP contribution in [-0.2, 0) is 6.42 Å². The standard InChI is InChI=1S/C11H13F2NO/c1-15-8-4-2-3-7-5-6-14-10(9(7)8)11(12)13/h2-4,10-11,14H,5-6H2,1H3. The molecule has 1 unspecified atom stereocenters. The van der Waals surface area contributed by atoms with Gasteiger partial charge in [-0.2, -0.15) is 0 Å². The van der Waals surface area contributed by atoms with Crippen molar-refractivity contribution in [2.45, 2.75) is 18.9 Å². The van der Waals surface area contributed by atoms with Gasteiger partial charge in [0.05, 0.1) is 13.2 Å². The van der Waals surface area contributed by atoms with Crippen LogP contribution < -0.4 is 10.1 Å². The van der Waals surface area contributed by atoms with Crippen molar-refractivity contribution in [3.05, 3.63) is 29.3 Å². The van der Waals surface area contributed by atoms with E-state index in [1.54, 1.807) is 6.07 Å². The zero-order valence-corrected chi connectivity index (χ0v) is 8.47. The van der Waals surface area contributed by atoms with Gasteiger partial charge < -0.3 is 10.1 Å². The van der Waals surface area contributed by atoms with Crippen LogP contribution in [0.15, 0.2) is 18.2 Å². The first-order chi connectivity index (χ1) is 7.24. The van der Waals surface area contributed by atoms with Gasteiger partial charge in [-0.15, -0.1) is 0 Å². The number of methoxy groups -OCH3 is 1. The lowest BCUT2D eigenvalue weighted by molar-refractivity contribution is 0.0939. The van der Waals surface area contributed by atoms with Crippen LogP contribution >= 0.6 is 0 Å². The normalized spacial score (nSPS) is 20.1. The fourth-order valence-electron chi connectivity index (χ4n) is 2.02. The van der Waals surface area contributed by atoms with Crippen LogP contribution in [0.1, 0.15) is 17.2 Å². The molecule has 0 spiro atoms. The molecule has 1 aromatic rings. The fraction of sp³-hybridized carbons (Fsp3) is 0.455. The zero-order chi connectivity index (χ0) is 10.8. The number of ether oxygens (including phenoxy) is 1. The summed E-state index contributed by atoms with van der Waals surface area (Å²) in [6, 6.07) is 4.55. The second kappa shape index (κ2) is 4.14. The lowest BCUT2D eigenvalue weighted by atomic mass is 9.93. The van der Waals surface area contributed by atoms with Gasteiger partial charge in [-0.1, -0.05) is 12.1 Å². The molecule has 0 saturated carbocycles. The Labute approximate surface area is 87.2 Å². The number of fused-ring (bicyclic) bond motifs is 1. The van der Waals surface area contributed by atoms with Crippen LogP contribution in [0.2, 0.25) is 0 Å². The Morgan fingerprint density at radius 2 is 2.27 bits per heavy atom. The van der Waals surface area contributed by atoms with Crippen molar-refractivity contribution in [3.63, 3.8) is 0 Å². The van der Waals surface area contributed by atoms with Crippen molar-refractivity contribution >= 4 is 0 Å². The summed E-state index contributed by atoms with van der Waals surface area (Å²) in [5.41, 5.74) is 1.57. The van der Waals surface area contributed by atoms with E-state index < -0.39 is 12.5 Å². The summed E-state index contributed by atoms with van der Waals surface area (Å²) in [5.74, 6) is 0.546. The van der Waals surface area contributed by atoms with Gasteiger partial charge >= 0.3 is 0 Å². The van der Waals surface area contributed by atoms with Gasteiger partial charge in [0.2, 0.25) is 0 Å². The summed E-state index contributed by atoms with van der Waals surface area (Å²) in [6.07, 6.45) is -1.63. The minimum atomic E-state index is -2.40. The van der Waals surface area contributed by atoms with Gasteiger partial charge in [0.15, 0.2) is 0 Å². The van der Waals surface area contributed by atoms with E-state index in [2.05, 4.69) is 5.32 Å². The van der Waals surface area contributed by atoms with Crippen molar-refractivity contribution in [2.75, 3.05) is 13.7 Å². The smallest absolute Gasteiger partial charge is 0.257 e. The Morgan fingerprint density at radius 1 is 1.47 bits per heavy atom. The maximum absolute atomic E-state index is 12.8. The molecular formula is C11H13F2NO. The van der Waals surface area contributed by atoms with E-state index >= 15 is 0 Å². The lowest BCUT2D eigenvalue weighted by Crippen LogP contribution is -2.34. The molecule has 0 amide bonds. The summed E-state index contributed by atoms with van der Waals surface area (Å²) in [6.45, 7) is 0.592. The van der Waals surface area contributed by atoms with Crippen LogP contribution in [0, 0.1) is 0 Å². The van der Waals surface area contributed by atoms with E-state index in [1.165, 1.54) is 7.11 Å². The molecule has 1 aliphatic rings. The number of alkyl halides is 2. The molecule has 82 valence electrons. The Balaban J connectivity index is 2.47. The molecule has 0 bridgehead atoms. The summed E-state index contributed by atoms with van der Waals surface area (Å²) >= 11 is 0. The highest BCUT2D eigenvalue weighted by atomic mass is 19.3. The topological polar surface area (TPSA) is 21.3 Å². The quantitative estimate of drug-likeness (QED) is 0.812. The molecule has 1 atom stereocenters. The van der Waals surface area contributed by atoms with E-state index in [0.717, 1.165) is 12.0 Å². The lowest BCUT2D eigenvalue weighted by Gasteiger charge is -2.27. The molecule has 1 heterocycles. The van der Waals surface area contributed by atoms with Crippen LogP contribution in [0.5, 0.6) is 5.75 Å². The zero-order valence-electron chi connectivity index (χ0n) is 8.47. The van der Waals surface area contributed by atoms with E-state index in [1.807, 2.05) is 12.1 Å². The average molecular weight is 213 g/mol. The largest absolute Gasteiger partial charge is 0.496 e. The van der Waals surface area contributed by atoms with E-state index in [0.29, 0.717) is 17.9 Å². The van der Waals surface area contributed by atoms with E-state index in [4.69, 9.17) is 4.74 Å². The molecule has 0 fully saturated rings. The number of benzene rings is 1. The maximum atomic E-state index is 12.8. The third kappa shape index (κ3) is 1.81. The van der Waals surface area contributed by atoms with Gasteiger partial charge in [0.1, 0.15) is 5.75 Å². The van der Waals surface area contributed by atoms with Gasteiger partial charge in [-0.25, -0.2) is 8.78 Å². The van der Waals surface area contributed by atoms with Crippen LogP contribution in [0.4, 0.5) is 8.78 Å². The molecule has 0 radical (unpaired) electrons. The predicted octanol–water partition coefficient (Wildman–Crippen LogP) is 2.15. The van der Waals surface area contributed by atoms with Crippen molar-refractivity contribution in [2.24, 2.45) is 0 Å². The predicted molar refractivity (Wildman–Crippen MR) is 53.4 cm³/mol. The molecule has 1 N–H and O–H groups in total. The van der Waals surface area contributed by atoms with Crippen LogP contribution in [-0.4, -0.2) is 20.1 Å². The second-order valence-corrected chi connectivity index (χ2v) is 3.55. The highest BCUT2D eigenvalue weighted by molar-refractivity contribution is 5.44. The number of rotatable bonds is 2. The van der Waals surface area contributed by atoms with Gasteiger partial charge in [0, 0.05) is 5.56 Å².